The predicted octanol–water partition coefficient (Wildman–Crippen LogP) is 16.4. The second kappa shape index (κ2) is 13.9. The molecule has 2 nitrogen and oxygen atoms in total. The van der Waals surface area contributed by atoms with E-state index < -0.39 is 5.41 Å². The number of rotatable bonds is 6. The van der Waals surface area contributed by atoms with Crippen LogP contribution in [0.4, 0.5) is 17.1 Å². The van der Waals surface area contributed by atoms with Crippen molar-refractivity contribution in [1.82, 2.24) is 0 Å². The zero-order valence-corrected chi connectivity index (χ0v) is 34.4. The van der Waals surface area contributed by atoms with Crippen molar-refractivity contribution >= 4 is 39.0 Å². The molecule has 1 spiro atoms. The van der Waals surface area contributed by atoms with Crippen LogP contribution in [0.25, 0.3) is 77.6 Å². The Kier molecular flexibility index (Phi) is 7.85. The second-order valence-corrected chi connectivity index (χ2v) is 16.7. The summed E-state index contributed by atoms with van der Waals surface area (Å²) in [5.41, 5.74) is 22.2. The first-order chi connectivity index (χ1) is 31.3. The maximum absolute atomic E-state index is 6.49. The van der Waals surface area contributed by atoms with Crippen molar-refractivity contribution < 1.29 is 4.42 Å². The van der Waals surface area contributed by atoms with Gasteiger partial charge in [0.25, 0.3) is 0 Å². The normalized spacial score (nSPS) is 12.9. The van der Waals surface area contributed by atoms with Crippen LogP contribution in [-0.4, -0.2) is 0 Å². The van der Waals surface area contributed by atoms with E-state index in [1.165, 1.54) is 66.8 Å². The molecule has 1 heterocycles. The molecule has 0 N–H and O–H groups in total. The summed E-state index contributed by atoms with van der Waals surface area (Å²) in [7, 11) is 0. The van der Waals surface area contributed by atoms with Gasteiger partial charge in [-0.05, 0) is 103 Å². The summed E-state index contributed by atoms with van der Waals surface area (Å²) in [6.45, 7) is 0. The van der Waals surface area contributed by atoms with Gasteiger partial charge in [0.15, 0.2) is 0 Å². The van der Waals surface area contributed by atoms with Gasteiger partial charge < -0.3 is 9.32 Å². The Morgan fingerprint density at radius 1 is 0.302 bits per heavy atom. The number of para-hydroxylation sites is 3. The van der Waals surface area contributed by atoms with Crippen molar-refractivity contribution in [2.24, 2.45) is 0 Å². The smallest absolute Gasteiger partial charge is 0.143 e. The summed E-state index contributed by atoms with van der Waals surface area (Å²) < 4.78 is 6.49. The van der Waals surface area contributed by atoms with Crippen LogP contribution < -0.4 is 4.90 Å². The van der Waals surface area contributed by atoms with Gasteiger partial charge in [0.2, 0.25) is 0 Å². The Bertz CT molecular complexity index is 3510. The van der Waals surface area contributed by atoms with E-state index in [0.717, 1.165) is 50.1 Å². The summed E-state index contributed by atoms with van der Waals surface area (Å²) in [6.07, 6.45) is 0. The van der Waals surface area contributed by atoms with Gasteiger partial charge in [0, 0.05) is 33.3 Å². The third-order valence-corrected chi connectivity index (χ3v) is 13.5. The van der Waals surface area contributed by atoms with Crippen molar-refractivity contribution in [2.75, 3.05) is 4.90 Å². The molecule has 2 aliphatic carbocycles. The van der Waals surface area contributed by atoms with Crippen molar-refractivity contribution in [3.8, 4) is 55.6 Å². The first-order valence-electron chi connectivity index (χ1n) is 21.8. The van der Waals surface area contributed by atoms with Crippen LogP contribution in [0.5, 0.6) is 0 Å². The molecule has 63 heavy (non-hydrogen) atoms. The fraction of sp³-hybridized carbons (Fsp3) is 0.0164. The minimum atomic E-state index is -0.421. The molecule has 0 aliphatic heterocycles. The number of benzene rings is 10. The maximum atomic E-state index is 6.49. The molecular weight excluding hydrogens is 763 g/mol. The number of hydrogen-bond acceptors (Lipinski definition) is 2. The Balaban J connectivity index is 1.01. The average molecular weight is 802 g/mol. The molecule has 0 fully saturated rings. The summed E-state index contributed by atoms with van der Waals surface area (Å²) >= 11 is 0. The van der Waals surface area contributed by atoms with Gasteiger partial charge in [-0.25, -0.2) is 0 Å². The van der Waals surface area contributed by atoms with E-state index >= 15 is 0 Å². The largest absolute Gasteiger partial charge is 0.455 e. The van der Waals surface area contributed by atoms with E-state index in [9.17, 15) is 0 Å². The Morgan fingerprint density at radius 2 is 0.778 bits per heavy atom. The van der Waals surface area contributed by atoms with Crippen molar-refractivity contribution in [2.45, 2.75) is 5.41 Å². The standard InChI is InChI=1S/C61H39NO/c1-2-16-40(17-3-1)41-32-36-43(37-33-41)62(44-38-34-42(35-39-44)45-23-14-25-51-49-21-8-13-31-58(49)63-60(45)51)57-30-12-7-20-48(57)50-24-15-29-56-59(50)52-22-6-11-28-55(52)61(56)53-26-9-4-18-46(53)47-19-5-10-27-54(47)61/h1-39H. The zero-order valence-electron chi connectivity index (χ0n) is 34.4. The van der Waals surface area contributed by atoms with E-state index in [1.807, 2.05) is 12.1 Å². The summed E-state index contributed by atoms with van der Waals surface area (Å²) in [4.78, 5) is 2.42. The molecule has 0 saturated carbocycles. The number of nitrogens with zero attached hydrogens (tertiary/aromatic N) is 1. The lowest BCUT2D eigenvalue weighted by Gasteiger charge is -2.31. The molecular formula is C61H39NO. The Labute approximate surface area is 366 Å². The molecule has 2 heteroatoms. The molecule has 0 atom stereocenters. The number of anilines is 3. The second-order valence-electron chi connectivity index (χ2n) is 16.7. The van der Waals surface area contributed by atoms with Crippen LogP contribution >= 0.6 is 0 Å². The molecule has 0 unspecified atom stereocenters. The van der Waals surface area contributed by atoms with E-state index in [1.54, 1.807) is 0 Å². The zero-order chi connectivity index (χ0) is 41.5. The number of hydrogen-bond donors (Lipinski definition) is 0. The van der Waals surface area contributed by atoms with E-state index in [2.05, 4.69) is 229 Å². The minimum absolute atomic E-state index is 0.421. The maximum Gasteiger partial charge on any atom is 0.143 e. The predicted molar refractivity (Wildman–Crippen MR) is 261 cm³/mol. The fourth-order valence-electron chi connectivity index (χ4n) is 10.9. The highest BCUT2D eigenvalue weighted by atomic mass is 16.3. The third kappa shape index (κ3) is 5.19. The van der Waals surface area contributed by atoms with Crippen LogP contribution in [0.1, 0.15) is 22.3 Å². The van der Waals surface area contributed by atoms with E-state index in [-0.39, 0.29) is 0 Å². The minimum Gasteiger partial charge on any atom is -0.455 e. The lowest BCUT2D eigenvalue weighted by atomic mass is 9.70. The van der Waals surface area contributed by atoms with Crippen molar-refractivity contribution in [1.29, 1.82) is 0 Å². The highest BCUT2D eigenvalue weighted by Crippen LogP contribution is 2.64. The first-order valence-corrected chi connectivity index (χ1v) is 21.8. The van der Waals surface area contributed by atoms with Crippen LogP contribution in [0.3, 0.4) is 0 Å². The fourth-order valence-corrected chi connectivity index (χ4v) is 10.9. The Hall–Kier alpha value is -8.20. The first kappa shape index (κ1) is 35.5. The van der Waals surface area contributed by atoms with Crippen LogP contribution in [0, 0.1) is 0 Å². The van der Waals surface area contributed by atoms with E-state index in [4.69, 9.17) is 4.42 Å². The third-order valence-electron chi connectivity index (χ3n) is 13.5. The SMILES string of the molecule is c1ccc(-c2ccc(N(c3ccc(-c4cccc5c4oc4ccccc45)cc3)c3ccccc3-c3cccc4c3-c3ccccc3C43c4ccccc4-c4ccccc43)cc2)cc1. The van der Waals surface area contributed by atoms with Gasteiger partial charge in [-0.3, -0.25) is 0 Å². The van der Waals surface area contributed by atoms with Crippen molar-refractivity contribution in [3.05, 3.63) is 259 Å². The highest BCUT2D eigenvalue weighted by Gasteiger charge is 2.52. The van der Waals surface area contributed by atoms with Gasteiger partial charge in [-0.15, -0.1) is 0 Å². The molecule has 13 rings (SSSR count). The molecule has 0 radical (unpaired) electrons. The van der Waals surface area contributed by atoms with Crippen LogP contribution in [-0.2, 0) is 5.41 Å². The highest BCUT2D eigenvalue weighted by molar-refractivity contribution is 6.10. The number of furan rings is 1. The Morgan fingerprint density at radius 3 is 1.49 bits per heavy atom. The summed E-state index contributed by atoms with van der Waals surface area (Å²) in [5.74, 6) is 0. The van der Waals surface area contributed by atoms with Gasteiger partial charge in [0.05, 0.1) is 11.1 Å². The molecule has 2 aliphatic rings. The van der Waals surface area contributed by atoms with Crippen LogP contribution in [0.15, 0.2) is 241 Å². The average Bonchev–Trinajstić information content (AvgIpc) is 4.00. The van der Waals surface area contributed by atoms with Crippen LogP contribution in [0.2, 0.25) is 0 Å². The number of fused-ring (bicyclic) bond motifs is 13. The summed E-state index contributed by atoms with van der Waals surface area (Å²) in [5, 5.41) is 2.26. The monoisotopic (exact) mass is 801 g/mol. The van der Waals surface area contributed by atoms with Crippen molar-refractivity contribution in [3.63, 3.8) is 0 Å². The van der Waals surface area contributed by atoms with Gasteiger partial charge in [-0.2, -0.15) is 0 Å². The molecule has 294 valence electrons. The topological polar surface area (TPSA) is 16.4 Å². The van der Waals surface area contributed by atoms with E-state index in [0.29, 0.717) is 0 Å². The lowest BCUT2D eigenvalue weighted by Crippen LogP contribution is -2.25. The molecule has 0 saturated heterocycles. The van der Waals surface area contributed by atoms with Gasteiger partial charge >= 0.3 is 0 Å². The molecule has 0 amide bonds. The molecule has 10 aromatic carbocycles. The molecule has 11 aromatic rings. The molecule has 0 bridgehead atoms. The summed E-state index contributed by atoms with van der Waals surface area (Å²) in [6, 6.07) is 86.4. The quantitative estimate of drug-likeness (QED) is 0.167. The lowest BCUT2D eigenvalue weighted by molar-refractivity contribution is 0.670. The molecule has 1 aromatic heterocycles. The van der Waals surface area contributed by atoms with Gasteiger partial charge in [0.1, 0.15) is 11.2 Å². The van der Waals surface area contributed by atoms with Gasteiger partial charge in [-0.1, -0.05) is 200 Å².